The van der Waals surface area contributed by atoms with Gasteiger partial charge in [0, 0.05) is 17.6 Å². The lowest BCUT2D eigenvalue weighted by molar-refractivity contribution is 0.602. The topological polar surface area (TPSA) is 52.0 Å². The highest BCUT2D eigenvalue weighted by Crippen LogP contribution is 2.16. The fourth-order valence-electron chi connectivity index (χ4n) is 1.12. The van der Waals surface area contributed by atoms with Gasteiger partial charge >= 0.3 is 0 Å². The van der Waals surface area contributed by atoms with E-state index >= 15 is 0 Å². The summed E-state index contributed by atoms with van der Waals surface area (Å²) in [7, 11) is 0. The van der Waals surface area contributed by atoms with Gasteiger partial charge in [0.1, 0.15) is 0 Å². The number of pyridine rings is 1. The normalized spacial score (nSPS) is 13.5. The number of hydrogen-bond donors (Lipinski definition) is 1. The molecular weight excluding hydrogens is 152 g/mol. The molecule has 2 rings (SSSR count). The Balaban J connectivity index is 2.60. The maximum Gasteiger partial charge on any atom is 0.225 e. The molecule has 3 nitrogen and oxygen atoms in total. The van der Waals surface area contributed by atoms with E-state index in [1.54, 1.807) is 12.5 Å². The van der Waals surface area contributed by atoms with Crippen LogP contribution in [0, 0.1) is 0 Å². The molecule has 0 saturated heterocycles. The maximum atomic E-state index is 5.70. The molecule has 0 saturated carbocycles. The van der Waals surface area contributed by atoms with Crippen molar-refractivity contribution in [1.82, 2.24) is 4.98 Å². The third-order valence-corrected chi connectivity index (χ3v) is 1.85. The van der Waals surface area contributed by atoms with E-state index < -0.39 is 0 Å². The summed E-state index contributed by atoms with van der Waals surface area (Å²) >= 11 is 0. The molecule has 2 aromatic heterocycles. The van der Waals surface area contributed by atoms with Crippen molar-refractivity contribution in [2.24, 2.45) is 5.73 Å². The largest absolute Gasteiger partial charge is 0.446 e. The molecule has 0 bridgehead atoms. The Kier molecular flexibility index (Phi) is 1.59. The van der Waals surface area contributed by atoms with Crippen LogP contribution in [-0.2, 0) is 0 Å². The van der Waals surface area contributed by atoms with Crippen molar-refractivity contribution in [3.05, 3.63) is 30.2 Å². The zero-order valence-electron chi connectivity index (χ0n) is 6.82. The predicted molar refractivity (Wildman–Crippen MR) is 46.6 cm³/mol. The predicted octanol–water partition coefficient (Wildman–Crippen LogP) is 1.85. The lowest BCUT2D eigenvalue weighted by Gasteiger charge is -2.02. The summed E-state index contributed by atoms with van der Waals surface area (Å²) in [6.45, 7) is 1.93. The lowest BCUT2D eigenvalue weighted by Crippen LogP contribution is -2.04. The molecule has 0 aliphatic rings. The average Bonchev–Trinajstić information content (AvgIpc) is 2.49. The van der Waals surface area contributed by atoms with Crippen LogP contribution in [0.2, 0.25) is 0 Å². The number of furan rings is 1. The number of fused-ring (bicyclic) bond motifs is 1. The van der Waals surface area contributed by atoms with E-state index in [1.807, 2.05) is 19.1 Å². The summed E-state index contributed by atoms with van der Waals surface area (Å²) in [6.07, 6.45) is 3.37. The molecule has 2 N–H and O–H groups in total. The molecule has 12 heavy (non-hydrogen) atoms. The fraction of sp³-hybridized carbons (Fsp3) is 0.222. The van der Waals surface area contributed by atoms with E-state index in [2.05, 4.69) is 4.98 Å². The first-order valence-electron chi connectivity index (χ1n) is 3.86. The third kappa shape index (κ3) is 1.08. The van der Waals surface area contributed by atoms with Gasteiger partial charge in [-0.25, -0.2) is 4.98 Å². The van der Waals surface area contributed by atoms with Gasteiger partial charge in [-0.05, 0) is 24.6 Å². The minimum Gasteiger partial charge on any atom is -0.446 e. The van der Waals surface area contributed by atoms with Crippen molar-refractivity contribution in [2.75, 3.05) is 0 Å². The van der Waals surface area contributed by atoms with Gasteiger partial charge in [0.05, 0.1) is 6.26 Å². The Morgan fingerprint density at radius 2 is 2.42 bits per heavy atom. The highest BCUT2D eigenvalue weighted by molar-refractivity contribution is 5.73. The second-order valence-electron chi connectivity index (χ2n) is 2.87. The van der Waals surface area contributed by atoms with Gasteiger partial charge in [0.25, 0.3) is 0 Å². The summed E-state index contributed by atoms with van der Waals surface area (Å²) in [6, 6.07) is 3.90. The minimum atomic E-state index is 0.0248. The Morgan fingerprint density at radius 1 is 1.58 bits per heavy atom. The van der Waals surface area contributed by atoms with Crippen molar-refractivity contribution in [3.63, 3.8) is 0 Å². The van der Waals surface area contributed by atoms with Crippen molar-refractivity contribution >= 4 is 11.1 Å². The van der Waals surface area contributed by atoms with Gasteiger partial charge < -0.3 is 10.2 Å². The summed E-state index contributed by atoms with van der Waals surface area (Å²) in [5.74, 6) is 0. The second kappa shape index (κ2) is 2.60. The van der Waals surface area contributed by atoms with Crippen molar-refractivity contribution in [1.29, 1.82) is 0 Å². The maximum absolute atomic E-state index is 5.70. The van der Waals surface area contributed by atoms with E-state index in [0.29, 0.717) is 5.71 Å². The van der Waals surface area contributed by atoms with Gasteiger partial charge in [0.2, 0.25) is 5.71 Å². The number of nitrogens with two attached hydrogens (primary N) is 1. The molecule has 0 unspecified atom stereocenters. The number of aromatic nitrogens is 1. The van der Waals surface area contributed by atoms with E-state index in [9.17, 15) is 0 Å². The van der Waals surface area contributed by atoms with Gasteiger partial charge in [-0.15, -0.1) is 0 Å². The Bertz CT molecular complexity index is 392. The molecule has 0 radical (unpaired) electrons. The van der Waals surface area contributed by atoms with E-state index in [1.165, 1.54) is 0 Å². The Morgan fingerprint density at radius 3 is 3.17 bits per heavy atom. The van der Waals surface area contributed by atoms with Crippen molar-refractivity contribution in [3.8, 4) is 0 Å². The van der Waals surface area contributed by atoms with Crippen LogP contribution in [-0.4, -0.2) is 4.98 Å². The highest BCUT2D eigenvalue weighted by Gasteiger charge is 2.02. The monoisotopic (exact) mass is 162 g/mol. The van der Waals surface area contributed by atoms with Crippen LogP contribution in [0.3, 0.4) is 0 Å². The highest BCUT2D eigenvalue weighted by atomic mass is 16.3. The number of rotatable bonds is 1. The van der Waals surface area contributed by atoms with Crippen LogP contribution >= 0.6 is 0 Å². The van der Waals surface area contributed by atoms with Crippen LogP contribution < -0.4 is 5.73 Å². The zero-order chi connectivity index (χ0) is 8.55. The third-order valence-electron chi connectivity index (χ3n) is 1.85. The summed E-state index contributed by atoms with van der Waals surface area (Å²) in [5, 5.41) is 1.00. The summed E-state index contributed by atoms with van der Waals surface area (Å²) < 4.78 is 5.10. The van der Waals surface area contributed by atoms with Crippen LogP contribution in [0.5, 0.6) is 0 Å². The van der Waals surface area contributed by atoms with Gasteiger partial charge in [0.15, 0.2) is 0 Å². The minimum absolute atomic E-state index is 0.0248. The van der Waals surface area contributed by atoms with E-state index in [0.717, 1.165) is 10.9 Å². The van der Waals surface area contributed by atoms with Crippen LogP contribution in [0.4, 0.5) is 0 Å². The molecule has 2 heterocycles. The smallest absolute Gasteiger partial charge is 0.225 e. The van der Waals surface area contributed by atoms with Crippen molar-refractivity contribution in [2.45, 2.75) is 13.0 Å². The standard InChI is InChI=1S/C9H10N2O/c1-6(10)8-4-7-2-3-12-9(7)11-5-8/h2-6H,10H2,1H3/t6-/m0/s1. The molecule has 62 valence electrons. The SMILES string of the molecule is C[C@H](N)c1cnc2occc2c1. The second-order valence-corrected chi connectivity index (χ2v) is 2.87. The van der Waals surface area contributed by atoms with Crippen molar-refractivity contribution < 1.29 is 4.42 Å². The summed E-state index contributed by atoms with van der Waals surface area (Å²) in [4.78, 5) is 4.12. The van der Waals surface area contributed by atoms with Gasteiger partial charge in [-0.3, -0.25) is 0 Å². The molecular formula is C9H10N2O. The molecule has 0 aliphatic heterocycles. The molecule has 2 aromatic rings. The molecule has 3 heteroatoms. The Labute approximate surface area is 70.2 Å². The number of nitrogens with zero attached hydrogens (tertiary/aromatic N) is 1. The van der Waals surface area contributed by atoms with Crippen LogP contribution in [0.1, 0.15) is 18.5 Å². The van der Waals surface area contributed by atoms with E-state index in [-0.39, 0.29) is 6.04 Å². The average molecular weight is 162 g/mol. The lowest BCUT2D eigenvalue weighted by atomic mass is 10.1. The molecule has 0 amide bonds. The zero-order valence-corrected chi connectivity index (χ0v) is 6.82. The quantitative estimate of drug-likeness (QED) is 0.696. The fourth-order valence-corrected chi connectivity index (χ4v) is 1.12. The van der Waals surface area contributed by atoms with Crippen LogP contribution in [0.25, 0.3) is 11.1 Å². The molecule has 0 aromatic carbocycles. The van der Waals surface area contributed by atoms with Gasteiger partial charge in [-0.1, -0.05) is 0 Å². The molecule has 0 fully saturated rings. The van der Waals surface area contributed by atoms with E-state index in [4.69, 9.17) is 10.2 Å². The first-order valence-corrected chi connectivity index (χ1v) is 3.86. The summed E-state index contributed by atoms with van der Waals surface area (Å²) in [5.41, 5.74) is 7.40. The molecule has 0 aliphatic carbocycles. The van der Waals surface area contributed by atoms with Crippen LogP contribution in [0.15, 0.2) is 29.0 Å². The Hall–Kier alpha value is -1.35. The first kappa shape index (κ1) is 7.31. The molecule has 0 spiro atoms. The first-order chi connectivity index (χ1) is 5.77. The number of hydrogen-bond acceptors (Lipinski definition) is 3. The van der Waals surface area contributed by atoms with Gasteiger partial charge in [-0.2, -0.15) is 0 Å². The molecule has 1 atom stereocenters.